The minimum absolute atomic E-state index is 0.0441. The Morgan fingerprint density at radius 3 is 2.18 bits per heavy atom. The molecule has 9 heteroatoms. The predicted molar refractivity (Wildman–Crippen MR) is 123 cm³/mol. The first kappa shape index (κ1) is 24.9. The van der Waals surface area contributed by atoms with E-state index >= 15 is 0 Å². The second kappa shape index (κ2) is 10.9. The molecule has 1 aliphatic rings. The minimum Gasteiger partial charge on any atom is -0.467 e. The Kier molecular flexibility index (Phi) is 7.99. The van der Waals surface area contributed by atoms with Crippen LogP contribution in [0.25, 0.3) is 10.8 Å². The quantitative estimate of drug-likeness (QED) is 0.420. The number of nitrogens with zero attached hydrogens (tertiary/aromatic N) is 1. The van der Waals surface area contributed by atoms with Crippen LogP contribution in [0.5, 0.6) is 0 Å². The number of amides is 3. The van der Waals surface area contributed by atoms with E-state index in [2.05, 4.69) is 10.1 Å². The van der Waals surface area contributed by atoms with Crippen molar-refractivity contribution < 1.29 is 33.4 Å². The van der Waals surface area contributed by atoms with Crippen molar-refractivity contribution in [3.63, 3.8) is 0 Å². The second-order valence-electron chi connectivity index (χ2n) is 8.51. The topological polar surface area (TPSA) is 119 Å². The molecular formula is C25H28N2O7. The van der Waals surface area contributed by atoms with Gasteiger partial charge in [0, 0.05) is 29.5 Å². The van der Waals surface area contributed by atoms with E-state index in [-0.39, 0.29) is 25.3 Å². The Bertz CT molecular complexity index is 1070. The normalized spacial score (nSPS) is 13.7. The lowest BCUT2D eigenvalue weighted by Crippen LogP contribution is -2.44. The van der Waals surface area contributed by atoms with Crippen LogP contribution < -0.4 is 5.32 Å². The lowest BCUT2D eigenvalue weighted by atomic mass is 9.94. The van der Waals surface area contributed by atoms with Crippen molar-refractivity contribution in [3.8, 4) is 0 Å². The number of carbonyl (C=O) groups excluding carboxylic acids is 5. The van der Waals surface area contributed by atoms with Gasteiger partial charge in [0.2, 0.25) is 0 Å². The van der Waals surface area contributed by atoms with Crippen molar-refractivity contribution in [1.82, 2.24) is 10.2 Å². The van der Waals surface area contributed by atoms with E-state index in [1.807, 2.05) is 26.0 Å². The van der Waals surface area contributed by atoms with E-state index in [4.69, 9.17) is 4.74 Å². The minimum atomic E-state index is -0.820. The molecule has 0 bridgehead atoms. The highest BCUT2D eigenvalue weighted by atomic mass is 16.5. The van der Waals surface area contributed by atoms with E-state index in [1.165, 1.54) is 7.11 Å². The molecule has 1 N–H and O–H groups in total. The van der Waals surface area contributed by atoms with Gasteiger partial charge >= 0.3 is 11.9 Å². The molecule has 3 rings (SSSR count). The van der Waals surface area contributed by atoms with E-state index in [0.717, 1.165) is 10.3 Å². The first-order chi connectivity index (χ1) is 16.2. The third-order valence-electron chi connectivity index (χ3n) is 5.51. The number of rotatable bonds is 10. The number of ether oxygens (including phenoxy) is 2. The molecule has 1 unspecified atom stereocenters. The van der Waals surface area contributed by atoms with Gasteiger partial charge < -0.3 is 14.8 Å². The van der Waals surface area contributed by atoms with Crippen LogP contribution in [-0.2, 0) is 23.9 Å². The highest BCUT2D eigenvalue weighted by Crippen LogP contribution is 2.30. The molecule has 3 amide bonds. The molecule has 180 valence electrons. The van der Waals surface area contributed by atoms with E-state index < -0.39 is 42.3 Å². The third-order valence-corrected chi connectivity index (χ3v) is 5.51. The monoisotopic (exact) mass is 468 g/mol. The van der Waals surface area contributed by atoms with E-state index in [9.17, 15) is 24.0 Å². The lowest BCUT2D eigenvalue weighted by molar-refractivity contribution is -0.150. The maximum absolute atomic E-state index is 12.9. The predicted octanol–water partition coefficient (Wildman–Crippen LogP) is 2.46. The summed E-state index contributed by atoms with van der Waals surface area (Å²) < 4.78 is 9.66. The van der Waals surface area contributed by atoms with E-state index in [0.29, 0.717) is 22.9 Å². The number of esters is 2. The van der Waals surface area contributed by atoms with Crippen LogP contribution in [0.4, 0.5) is 0 Å². The van der Waals surface area contributed by atoms with Crippen LogP contribution >= 0.6 is 0 Å². The Balaban J connectivity index is 1.50. The summed E-state index contributed by atoms with van der Waals surface area (Å²) in [6, 6.07) is 9.77. The number of benzene rings is 2. The fraction of sp³-hybridized carbons (Fsp3) is 0.400. The summed E-state index contributed by atoms with van der Waals surface area (Å²) >= 11 is 0. The molecule has 2 aromatic rings. The Hall–Kier alpha value is -3.75. The summed E-state index contributed by atoms with van der Waals surface area (Å²) in [5, 5.41) is 3.97. The van der Waals surface area contributed by atoms with Crippen molar-refractivity contribution in [2.24, 2.45) is 5.92 Å². The van der Waals surface area contributed by atoms with Crippen LogP contribution in [0.1, 0.15) is 53.8 Å². The first-order valence-electron chi connectivity index (χ1n) is 11.1. The van der Waals surface area contributed by atoms with Crippen molar-refractivity contribution >= 4 is 40.4 Å². The van der Waals surface area contributed by atoms with E-state index in [1.54, 1.807) is 24.3 Å². The standard InChI is InChI=1S/C25H28N2O7/c1-15(2)13-19(25(32)33-3)26-20(28)14-34-21(29)11-6-12-27-23(30)17-9-4-7-16-8-5-10-18(22(16)17)24(27)31/h4-5,7-10,15,19H,6,11-14H2,1-3H3,(H,26,28). The molecule has 0 spiro atoms. The van der Waals surface area contributed by atoms with Crippen LogP contribution in [0.15, 0.2) is 36.4 Å². The molecule has 0 radical (unpaired) electrons. The summed E-state index contributed by atoms with van der Waals surface area (Å²) in [5.41, 5.74) is 0.905. The molecule has 34 heavy (non-hydrogen) atoms. The zero-order chi connectivity index (χ0) is 24.8. The Morgan fingerprint density at radius 2 is 1.62 bits per heavy atom. The fourth-order valence-corrected chi connectivity index (χ4v) is 3.95. The molecule has 1 atom stereocenters. The fourth-order valence-electron chi connectivity index (χ4n) is 3.95. The van der Waals surface area contributed by atoms with Crippen molar-refractivity contribution in [2.75, 3.05) is 20.3 Å². The van der Waals surface area contributed by atoms with Crippen molar-refractivity contribution in [1.29, 1.82) is 0 Å². The molecule has 0 aliphatic carbocycles. The van der Waals surface area contributed by atoms with Crippen LogP contribution in [0.2, 0.25) is 0 Å². The van der Waals surface area contributed by atoms with Gasteiger partial charge in [0.1, 0.15) is 6.04 Å². The highest BCUT2D eigenvalue weighted by Gasteiger charge is 2.32. The van der Waals surface area contributed by atoms with Gasteiger partial charge in [-0.25, -0.2) is 4.79 Å². The smallest absolute Gasteiger partial charge is 0.328 e. The number of carbonyl (C=O) groups is 5. The lowest BCUT2D eigenvalue weighted by Gasteiger charge is -2.27. The largest absolute Gasteiger partial charge is 0.467 e. The number of hydrogen-bond donors (Lipinski definition) is 1. The molecule has 0 aromatic heterocycles. The second-order valence-corrected chi connectivity index (χ2v) is 8.51. The Labute approximate surface area is 197 Å². The summed E-state index contributed by atoms with van der Waals surface area (Å²) in [5.74, 6) is -2.49. The average Bonchev–Trinajstić information content (AvgIpc) is 2.82. The highest BCUT2D eigenvalue weighted by molar-refractivity contribution is 6.25. The molecule has 9 nitrogen and oxygen atoms in total. The first-order valence-corrected chi connectivity index (χ1v) is 11.1. The average molecular weight is 469 g/mol. The zero-order valence-corrected chi connectivity index (χ0v) is 19.5. The van der Waals surface area contributed by atoms with Crippen LogP contribution in [-0.4, -0.2) is 60.9 Å². The molecule has 1 aliphatic heterocycles. The van der Waals surface area contributed by atoms with Gasteiger partial charge in [0.15, 0.2) is 6.61 Å². The molecule has 0 saturated carbocycles. The molecule has 0 saturated heterocycles. The SMILES string of the molecule is COC(=O)C(CC(C)C)NC(=O)COC(=O)CCCN1C(=O)c2cccc3cccc(c23)C1=O. The maximum Gasteiger partial charge on any atom is 0.328 e. The maximum atomic E-state index is 12.9. The van der Waals surface area contributed by atoms with Crippen molar-refractivity contribution in [2.45, 2.75) is 39.2 Å². The van der Waals surface area contributed by atoms with Crippen LogP contribution in [0.3, 0.4) is 0 Å². The van der Waals surface area contributed by atoms with Gasteiger partial charge in [-0.05, 0) is 36.3 Å². The molecule has 0 fully saturated rings. The number of nitrogens with one attached hydrogen (secondary N) is 1. The van der Waals surface area contributed by atoms with Gasteiger partial charge in [0.05, 0.1) is 7.11 Å². The third kappa shape index (κ3) is 5.59. The molecule has 2 aromatic carbocycles. The summed E-state index contributed by atoms with van der Waals surface area (Å²) in [6.45, 7) is 3.31. The van der Waals surface area contributed by atoms with Gasteiger partial charge in [-0.15, -0.1) is 0 Å². The number of imide groups is 1. The van der Waals surface area contributed by atoms with Gasteiger partial charge in [0.25, 0.3) is 17.7 Å². The molecule has 1 heterocycles. The molecular weight excluding hydrogens is 440 g/mol. The summed E-state index contributed by atoms with van der Waals surface area (Å²) in [4.78, 5) is 62.8. The van der Waals surface area contributed by atoms with Crippen molar-refractivity contribution in [3.05, 3.63) is 47.5 Å². The summed E-state index contributed by atoms with van der Waals surface area (Å²) in [6.07, 6.45) is 0.498. The summed E-state index contributed by atoms with van der Waals surface area (Å²) in [7, 11) is 1.23. The number of hydrogen-bond acceptors (Lipinski definition) is 7. The Morgan fingerprint density at radius 1 is 1.00 bits per heavy atom. The number of methoxy groups -OCH3 is 1. The van der Waals surface area contributed by atoms with Gasteiger partial charge in [-0.2, -0.15) is 0 Å². The van der Waals surface area contributed by atoms with Gasteiger partial charge in [-0.3, -0.25) is 24.1 Å². The van der Waals surface area contributed by atoms with Gasteiger partial charge in [-0.1, -0.05) is 38.1 Å². The zero-order valence-electron chi connectivity index (χ0n) is 19.5. The van der Waals surface area contributed by atoms with Crippen LogP contribution in [0, 0.1) is 5.92 Å².